The SMILES string of the molecule is Cc1cc(-c2ccc(-c3ccccc3)cc2)nc(-c2ccc(-c3ccccc3)cc2)n1.Cc1cc(-c2cccc(-c3ccccc3)c2)nc(-c2cccc(-c3ccccc3)c2)n1.Cc1nc(-c2ccccc2)cc(-c2ccc(-c3ccccc3)cc2)n1.Cc1nc(-c2ccccc2)cc(-c2ccccc2)n1. The van der Waals surface area contributed by atoms with Crippen molar-refractivity contribution in [3.05, 3.63) is 411 Å². The van der Waals surface area contributed by atoms with Gasteiger partial charge in [-0.2, -0.15) is 0 Å². The van der Waals surface area contributed by atoms with Gasteiger partial charge in [-0.05, 0) is 120 Å². The van der Waals surface area contributed by atoms with Crippen molar-refractivity contribution in [2.24, 2.45) is 0 Å². The molecule has 106 heavy (non-hydrogen) atoms. The van der Waals surface area contributed by atoms with Gasteiger partial charge >= 0.3 is 0 Å². The Morgan fingerprint density at radius 3 is 0.651 bits per heavy atom. The van der Waals surface area contributed by atoms with Crippen molar-refractivity contribution in [2.45, 2.75) is 27.7 Å². The molecule has 0 amide bonds. The molecular weight excluding hydrogens is 1290 g/mol. The van der Waals surface area contributed by atoms with Crippen LogP contribution in [0, 0.1) is 27.7 Å². The average Bonchev–Trinajstić information content (AvgIpc) is 0.816. The Morgan fingerprint density at radius 2 is 0.330 bits per heavy atom. The number of aryl methyl sites for hydroxylation is 4. The first-order chi connectivity index (χ1) is 52.1. The molecule has 0 bridgehead atoms. The highest BCUT2D eigenvalue weighted by molar-refractivity contribution is 5.77. The Labute approximate surface area is 621 Å². The molecule has 17 aromatic rings. The topological polar surface area (TPSA) is 103 Å². The van der Waals surface area contributed by atoms with E-state index in [-0.39, 0.29) is 0 Å². The molecule has 0 atom stereocenters. The number of benzene rings is 13. The van der Waals surface area contributed by atoms with Crippen molar-refractivity contribution in [1.29, 1.82) is 0 Å². The highest BCUT2D eigenvalue weighted by atomic mass is 14.9. The van der Waals surface area contributed by atoms with E-state index in [2.05, 4.69) is 316 Å². The van der Waals surface area contributed by atoms with E-state index in [1.165, 1.54) is 50.1 Å². The van der Waals surface area contributed by atoms with Crippen LogP contribution in [0.15, 0.2) is 388 Å². The van der Waals surface area contributed by atoms with E-state index in [1.807, 2.05) is 125 Å². The molecule has 508 valence electrons. The van der Waals surface area contributed by atoms with Gasteiger partial charge in [0.2, 0.25) is 0 Å². The van der Waals surface area contributed by atoms with Gasteiger partial charge in [-0.15, -0.1) is 0 Å². The fraction of sp³-hybridized carbons (Fsp3) is 0.0408. The number of hydrogen-bond acceptors (Lipinski definition) is 8. The quantitative estimate of drug-likeness (QED) is 0.112. The smallest absolute Gasteiger partial charge is 0.160 e. The zero-order valence-corrected chi connectivity index (χ0v) is 59.5. The summed E-state index contributed by atoms with van der Waals surface area (Å²) in [4.78, 5) is 37.5. The van der Waals surface area contributed by atoms with Crippen LogP contribution < -0.4 is 0 Å². The lowest BCUT2D eigenvalue weighted by molar-refractivity contribution is 1.06. The van der Waals surface area contributed by atoms with Crippen molar-refractivity contribution < 1.29 is 0 Å². The van der Waals surface area contributed by atoms with Crippen molar-refractivity contribution in [1.82, 2.24) is 39.9 Å². The summed E-state index contributed by atoms with van der Waals surface area (Å²) in [5.41, 5.74) is 28.2. The van der Waals surface area contributed by atoms with Crippen LogP contribution in [0.2, 0.25) is 0 Å². The van der Waals surface area contributed by atoms with Crippen molar-refractivity contribution in [2.75, 3.05) is 0 Å². The molecule has 17 rings (SSSR count). The van der Waals surface area contributed by atoms with Crippen LogP contribution in [0.25, 0.3) is 146 Å². The van der Waals surface area contributed by atoms with Gasteiger partial charge in [0.05, 0.1) is 34.2 Å². The van der Waals surface area contributed by atoms with Gasteiger partial charge in [-0.3, -0.25) is 0 Å². The number of rotatable bonds is 13. The molecule has 0 spiro atoms. The highest BCUT2D eigenvalue weighted by Gasteiger charge is 2.14. The Kier molecular flexibility index (Phi) is 22.1. The standard InChI is InChI=1S/2C29H22N2.C23H18N2.C17H14N2/c1-21-18-28(26-16-8-14-24(19-26)22-10-4-2-5-11-22)31-29(30-21)27-17-9-15-25(20-27)23-12-6-3-7-13-23;1-21-20-28(26-16-12-24(13-17-26)22-8-4-2-5-9-22)31-29(30-21)27-18-14-25(15-19-27)23-10-6-3-7-11-23;1-17-24-22(20-10-6-3-7-11-20)16-23(25-17)21-14-12-19(13-15-21)18-8-4-2-5-9-18;1-13-18-16(14-8-4-2-5-9-14)12-17(19-13)15-10-6-3-7-11-15/h2*2-20H,1H3;2-16H,1H3;2-12H,1H3. The number of aromatic nitrogens is 8. The molecule has 0 saturated carbocycles. The molecule has 0 N–H and O–H groups in total. The fourth-order valence-corrected chi connectivity index (χ4v) is 12.6. The third-order valence-corrected chi connectivity index (χ3v) is 17.9. The first-order valence-corrected chi connectivity index (χ1v) is 35.5. The number of hydrogen-bond donors (Lipinski definition) is 0. The van der Waals surface area contributed by atoms with Gasteiger partial charge in [0.25, 0.3) is 0 Å². The summed E-state index contributed by atoms with van der Waals surface area (Å²) in [6.45, 7) is 7.91. The molecule has 0 saturated heterocycles. The largest absolute Gasteiger partial charge is 0.233 e. The van der Waals surface area contributed by atoms with Crippen LogP contribution in [0.5, 0.6) is 0 Å². The van der Waals surface area contributed by atoms with Crippen LogP contribution in [0.4, 0.5) is 0 Å². The Hall–Kier alpha value is -13.8. The van der Waals surface area contributed by atoms with Crippen LogP contribution >= 0.6 is 0 Å². The normalized spacial score (nSPS) is 10.6. The second-order valence-corrected chi connectivity index (χ2v) is 25.6. The average molecular weight is 1370 g/mol. The Balaban J connectivity index is 0.000000121. The monoisotopic (exact) mass is 1360 g/mol. The highest BCUT2D eigenvalue weighted by Crippen LogP contribution is 2.33. The summed E-state index contributed by atoms with van der Waals surface area (Å²) < 4.78 is 0. The lowest BCUT2D eigenvalue weighted by Gasteiger charge is -2.10. The minimum atomic E-state index is 0.748. The van der Waals surface area contributed by atoms with E-state index in [9.17, 15) is 0 Å². The predicted molar refractivity (Wildman–Crippen MR) is 438 cm³/mol. The molecule has 8 heteroatoms. The summed E-state index contributed by atoms with van der Waals surface area (Å²) in [5, 5.41) is 0. The van der Waals surface area contributed by atoms with E-state index in [0.29, 0.717) is 0 Å². The second kappa shape index (κ2) is 33.8. The van der Waals surface area contributed by atoms with E-state index in [1.54, 1.807) is 0 Å². The molecule has 4 heterocycles. The van der Waals surface area contributed by atoms with Crippen LogP contribution in [0.3, 0.4) is 0 Å². The Bertz CT molecular complexity index is 5420. The minimum absolute atomic E-state index is 0.748. The van der Waals surface area contributed by atoms with E-state index in [4.69, 9.17) is 15.0 Å². The number of nitrogens with zero attached hydrogens (tertiary/aromatic N) is 8. The first-order valence-electron chi connectivity index (χ1n) is 35.5. The minimum Gasteiger partial charge on any atom is -0.233 e. The summed E-state index contributed by atoms with van der Waals surface area (Å²) in [6, 6.07) is 133. The molecule has 0 unspecified atom stereocenters. The van der Waals surface area contributed by atoms with E-state index >= 15 is 0 Å². The molecule has 4 aromatic heterocycles. The van der Waals surface area contributed by atoms with Crippen molar-refractivity contribution >= 4 is 0 Å². The van der Waals surface area contributed by atoms with Gasteiger partial charge in [-0.25, -0.2) is 39.9 Å². The second-order valence-electron chi connectivity index (χ2n) is 25.6. The molecule has 0 fully saturated rings. The zero-order valence-electron chi connectivity index (χ0n) is 59.5. The summed E-state index contributed by atoms with van der Waals surface area (Å²) in [5.74, 6) is 3.07. The van der Waals surface area contributed by atoms with Crippen molar-refractivity contribution in [3.8, 4) is 146 Å². The zero-order chi connectivity index (χ0) is 72.2. The van der Waals surface area contributed by atoms with Gasteiger partial charge in [0.1, 0.15) is 11.6 Å². The molecule has 8 nitrogen and oxygen atoms in total. The molecule has 0 aliphatic heterocycles. The molecule has 0 radical (unpaired) electrons. The maximum Gasteiger partial charge on any atom is 0.160 e. The van der Waals surface area contributed by atoms with Gasteiger partial charge in [0.15, 0.2) is 11.6 Å². The summed E-state index contributed by atoms with van der Waals surface area (Å²) in [7, 11) is 0. The maximum absolute atomic E-state index is 4.93. The van der Waals surface area contributed by atoms with Crippen LogP contribution in [0.1, 0.15) is 23.0 Å². The Morgan fingerprint density at radius 1 is 0.132 bits per heavy atom. The van der Waals surface area contributed by atoms with Gasteiger partial charge in [-0.1, -0.05) is 352 Å². The molecular formula is C98H76N8. The fourth-order valence-electron chi connectivity index (χ4n) is 12.6. The first kappa shape index (κ1) is 69.3. The summed E-state index contributed by atoms with van der Waals surface area (Å²) in [6.07, 6.45) is 0. The third-order valence-electron chi connectivity index (χ3n) is 17.9. The molecule has 0 aliphatic rings. The van der Waals surface area contributed by atoms with Crippen molar-refractivity contribution in [3.63, 3.8) is 0 Å². The van der Waals surface area contributed by atoms with Crippen LogP contribution in [-0.2, 0) is 0 Å². The van der Waals surface area contributed by atoms with E-state index < -0.39 is 0 Å². The molecule has 0 aliphatic carbocycles. The summed E-state index contributed by atoms with van der Waals surface area (Å²) >= 11 is 0. The van der Waals surface area contributed by atoms with Crippen LogP contribution in [-0.4, -0.2) is 39.9 Å². The van der Waals surface area contributed by atoms with E-state index in [0.717, 1.165) is 119 Å². The lowest BCUT2D eigenvalue weighted by Crippen LogP contribution is -1.95. The van der Waals surface area contributed by atoms with Gasteiger partial charge < -0.3 is 0 Å². The maximum atomic E-state index is 4.93. The predicted octanol–water partition coefficient (Wildman–Crippen LogP) is 24.8. The lowest BCUT2D eigenvalue weighted by atomic mass is 10.0. The molecule has 13 aromatic carbocycles. The van der Waals surface area contributed by atoms with Gasteiger partial charge in [0, 0.05) is 55.9 Å². The third kappa shape index (κ3) is 17.9.